The number of methoxy groups -OCH3 is 2. The van der Waals surface area contributed by atoms with Gasteiger partial charge in [-0.15, -0.1) is 0 Å². The van der Waals surface area contributed by atoms with E-state index in [9.17, 15) is 9.90 Å². The molecular formula is C15H24N2O5. The lowest BCUT2D eigenvalue weighted by atomic mass is 10.3. The van der Waals surface area contributed by atoms with Crippen molar-refractivity contribution >= 4 is 6.03 Å². The lowest BCUT2D eigenvalue weighted by Gasteiger charge is -2.25. The van der Waals surface area contributed by atoms with Gasteiger partial charge in [0.25, 0.3) is 0 Å². The van der Waals surface area contributed by atoms with Crippen molar-refractivity contribution in [2.24, 2.45) is 0 Å². The van der Waals surface area contributed by atoms with E-state index >= 15 is 0 Å². The van der Waals surface area contributed by atoms with Crippen LogP contribution in [-0.2, 0) is 9.47 Å². The molecule has 0 radical (unpaired) electrons. The molecule has 2 N–H and O–H groups in total. The fourth-order valence-electron chi connectivity index (χ4n) is 1.74. The second kappa shape index (κ2) is 9.86. The Hall–Kier alpha value is -1.99. The van der Waals surface area contributed by atoms with Crippen LogP contribution in [0.4, 0.5) is 4.79 Å². The Labute approximate surface area is 130 Å². The van der Waals surface area contributed by atoms with Crippen LogP contribution in [0.25, 0.3) is 0 Å². The molecule has 0 spiro atoms. The summed E-state index contributed by atoms with van der Waals surface area (Å²) in [6, 6.07) is 6.05. The van der Waals surface area contributed by atoms with Gasteiger partial charge in [0.1, 0.15) is 11.5 Å². The number of benzene rings is 1. The van der Waals surface area contributed by atoms with Crippen LogP contribution in [0.5, 0.6) is 11.5 Å². The zero-order chi connectivity index (χ0) is 16.4. The molecule has 7 nitrogen and oxygen atoms in total. The van der Waals surface area contributed by atoms with Crippen molar-refractivity contribution in [2.45, 2.75) is 13.2 Å². The first-order valence-electron chi connectivity index (χ1n) is 7.05. The van der Waals surface area contributed by atoms with E-state index < -0.39 is 6.23 Å². The van der Waals surface area contributed by atoms with E-state index in [0.29, 0.717) is 32.1 Å². The summed E-state index contributed by atoms with van der Waals surface area (Å²) in [6.45, 7) is 3.57. The number of carbonyl (C=O) groups excluding carboxylic acids is 1. The SMILES string of the molecule is COCCN(CCOC)C(=O)NC(C)Oc1ccc(O)cc1. The molecule has 22 heavy (non-hydrogen) atoms. The zero-order valence-electron chi connectivity index (χ0n) is 13.2. The number of amides is 2. The van der Waals surface area contributed by atoms with Gasteiger partial charge in [-0.1, -0.05) is 0 Å². The van der Waals surface area contributed by atoms with Crippen LogP contribution in [0.15, 0.2) is 24.3 Å². The molecule has 0 aliphatic rings. The van der Waals surface area contributed by atoms with Crippen LogP contribution >= 0.6 is 0 Å². The fraction of sp³-hybridized carbons (Fsp3) is 0.533. The summed E-state index contributed by atoms with van der Waals surface area (Å²) in [5, 5.41) is 12.0. The predicted molar refractivity (Wildman–Crippen MR) is 82.1 cm³/mol. The molecule has 0 aromatic heterocycles. The van der Waals surface area contributed by atoms with E-state index in [0.717, 1.165) is 0 Å². The first-order valence-corrected chi connectivity index (χ1v) is 7.05. The van der Waals surface area contributed by atoms with Crippen LogP contribution in [0.1, 0.15) is 6.92 Å². The second-order valence-corrected chi connectivity index (χ2v) is 4.68. The zero-order valence-corrected chi connectivity index (χ0v) is 13.2. The highest BCUT2D eigenvalue weighted by atomic mass is 16.5. The third-order valence-corrected chi connectivity index (χ3v) is 2.89. The number of urea groups is 1. The van der Waals surface area contributed by atoms with Crippen LogP contribution in [0.3, 0.4) is 0 Å². The maximum absolute atomic E-state index is 12.2. The number of nitrogens with one attached hydrogen (secondary N) is 1. The highest BCUT2D eigenvalue weighted by Crippen LogP contribution is 2.16. The summed E-state index contributed by atoms with van der Waals surface area (Å²) in [4.78, 5) is 13.8. The molecule has 1 atom stereocenters. The van der Waals surface area contributed by atoms with Crippen molar-refractivity contribution < 1.29 is 24.1 Å². The molecule has 0 saturated heterocycles. The Morgan fingerprint density at radius 3 is 2.23 bits per heavy atom. The fourth-order valence-corrected chi connectivity index (χ4v) is 1.74. The van der Waals surface area contributed by atoms with Gasteiger partial charge in [-0.3, -0.25) is 0 Å². The van der Waals surface area contributed by atoms with Gasteiger partial charge in [-0.2, -0.15) is 0 Å². The lowest BCUT2D eigenvalue weighted by molar-refractivity contribution is 0.111. The number of phenolic OH excluding ortho intramolecular Hbond substituents is 1. The van der Waals surface area contributed by atoms with Gasteiger partial charge in [0.15, 0.2) is 6.23 Å². The summed E-state index contributed by atoms with van der Waals surface area (Å²) < 4.78 is 15.6. The standard InChI is InChI=1S/C15H24N2O5/c1-12(22-14-6-4-13(18)5-7-14)16-15(19)17(8-10-20-2)9-11-21-3/h4-7,12,18H,8-11H2,1-3H3,(H,16,19). The third-order valence-electron chi connectivity index (χ3n) is 2.89. The van der Waals surface area contributed by atoms with E-state index in [-0.39, 0.29) is 11.8 Å². The second-order valence-electron chi connectivity index (χ2n) is 4.68. The van der Waals surface area contributed by atoms with Crippen molar-refractivity contribution in [3.05, 3.63) is 24.3 Å². The van der Waals surface area contributed by atoms with Gasteiger partial charge in [0, 0.05) is 27.3 Å². The Morgan fingerprint density at radius 2 is 1.73 bits per heavy atom. The highest BCUT2D eigenvalue weighted by molar-refractivity contribution is 5.74. The van der Waals surface area contributed by atoms with Gasteiger partial charge >= 0.3 is 6.03 Å². The number of nitrogens with zero attached hydrogens (tertiary/aromatic N) is 1. The number of ether oxygens (including phenoxy) is 3. The lowest BCUT2D eigenvalue weighted by Crippen LogP contribution is -2.47. The molecule has 1 aromatic rings. The molecule has 0 aliphatic carbocycles. The highest BCUT2D eigenvalue weighted by Gasteiger charge is 2.16. The Kier molecular flexibility index (Phi) is 8.09. The number of hydrogen-bond acceptors (Lipinski definition) is 5. The molecule has 0 bridgehead atoms. The molecule has 1 rings (SSSR count). The van der Waals surface area contributed by atoms with Crippen molar-refractivity contribution in [2.75, 3.05) is 40.5 Å². The van der Waals surface area contributed by atoms with Gasteiger partial charge in [-0.05, 0) is 31.2 Å². The smallest absolute Gasteiger partial charge is 0.320 e. The predicted octanol–water partition coefficient (Wildman–Crippen LogP) is 1.42. The topological polar surface area (TPSA) is 80.3 Å². The molecule has 7 heteroatoms. The molecule has 1 aromatic carbocycles. The van der Waals surface area contributed by atoms with Gasteiger partial charge in [-0.25, -0.2) is 4.79 Å². The van der Waals surface area contributed by atoms with E-state index in [1.54, 1.807) is 38.2 Å². The summed E-state index contributed by atoms with van der Waals surface area (Å²) in [7, 11) is 3.17. The molecule has 1 unspecified atom stereocenters. The number of hydrogen-bond donors (Lipinski definition) is 2. The minimum Gasteiger partial charge on any atom is -0.508 e. The summed E-state index contributed by atoms with van der Waals surface area (Å²) in [5.41, 5.74) is 0. The van der Waals surface area contributed by atoms with E-state index in [1.165, 1.54) is 12.1 Å². The Bertz CT molecular complexity index is 430. The maximum atomic E-state index is 12.2. The normalized spacial score (nSPS) is 11.8. The average molecular weight is 312 g/mol. The summed E-state index contributed by atoms with van der Waals surface area (Å²) >= 11 is 0. The van der Waals surface area contributed by atoms with E-state index in [2.05, 4.69) is 5.32 Å². The molecule has 0 aliphatic heterocycles. The first-order chi connectivity index (χ1) is 10.6. The Morgan fingerprint density at radius 1 is 1.18 bits per heavy atom. The third kappa shape index (κ3) is 6.64. The number of phenols is 1. The van der Waals surface area contributed by atoms with Crippen LogP contribution < -0.4 is 10.1 Å². The van der Waals surface area contributed by atoms with Crippen molar-refractivity contribution in [1.29, 1.82) is 0 Å². The van der Waals surface area contributed by atoms with Crippen LogP contribution in [0, 0.1) is 0 Å². The number of rotatable bonds is 9. The van der Waals surface area contributed by atoms with E-state index in [1.807, 2.05) is 0 Å². The van der Waals surface area contributed by atoms with Gasteiger partial charge in [0.05, 0.1) is 13.2 Å². The van der Waals surface area contributed by atoms with Gasteiger partial charge < -0.3 is 29.5 Å². The monoisotopic (exact) mass is 312 g/mol. The number of carbonyl (C=O) groups is 1. The summed E-state index contributed by atoms with van der Waals surface area (Å²) in [5.74, 6) is 0.722. The quantitative estimate of drug-likeness (QED) is 0.674. The van der Waals surface area contributed by atoms with Crippen LogP contribution in [-0.4, -0.2) is 62.8 Å². The molecule has 124 valence electrons. The van der Waals surface area contributed by atoms with Crippen LogP contribution in [0.2, 0.25) is 0 Å². The minimum absolute atomic E-state index is 0.161. The average Bonchev–Trinajstić information content (AvgIpc) is 2.49. The number of aromatic hydroxyl groups is 1. The minimum atomic E-state index is -0.510. The Balaban J connectivity index is 2.49. The van der Waals surface area contributed by atoms with Crippen molar-refractivity contribution in [3.8, 4) is 11.5 Å². The molecule has 0 heterocycles. The molecule has 0 fully saturated rings. The molecular weight excluding hydrogens is 288 g/mol. The van der Waals surface area contributed by atoms with Crippen molar-refractivity contribution in [1.82, 2.24) is 10.2 Å². The van der Waals surface area contributed by atoms with E-state index in [4.69, 9.17) is 14.2 Å². The summed E-state index contributed by atoms with van der Waals surface area (Å²) in [6.07, 6.45) is -0.510. The van der Waals surface area contributed by atoms with Crippen molar-refractivity contribution in [3.63, 3.8) is 0 Å². The van der Waals surface area contributed by atoms with Gasteiger partial charge in [0.2, 0.25) is 0 Å². The molecule has 2 amide bonds. The first kappa shape index (κ1) is 18.1. The molecule has 0 saturated carbocycles. The maximum Gasteiger partial charge on any atom is 0.320 e. The largest absolute Gasteiger partial charge is 0.508 e.